The van der Waals surface area contributed by atoms with Crippen molar-refractivity contribution in [2.45, 2.75) is 148 Å². The summed E-state index contributed by atoms with van der Waals surface area (Å²) in [5.41, 5.74) is 0. The van der Waals surface area contributed by atoms with Gasteiger partial charge in [0.2, 0.25) is 0 Å². The van der Waals surface area contributed by atoms with Crippen molar-refractivity contribution in [3.8, 4) is 0 Å². The molecule has 0 aromatic rings. The summed E-state index contributed by atoms with van der Waals surface area (Å²) in [5.74, 6) is 4.44. The summed E-state index contributed by atoms with van der Waals surface area (Å²) < 4.78 is 0. The molecule has 5 heterocycles. The third-order valence-electron chi connectivity index (χ3n) is 14.4. The van der Waals surface area contributed by atoms with E-state index in [1.165, 1.54) is 70.6 Å². The first-order valence-corrected chi connectivity index (χ1v) is 20.3. The van der Waals surface area contributed by atoms with Gasteiger partial charge in [-0.2, -0.15) is 0 Å². The second-order valence-electron chi connectivity index (χ2n) is 16.5. The van der Waals surface area contributed by atoms with Crippen LogP contribution in [0.1, 0.15) is 77.6 Å². The normalized spacial score (nSPS) is 60.9. The highest BCUT2D eigenvalue weighted by atomic mass is 35.5. The minimum absolute atomic E-state index is 0.0139. The molecule has 0 amide bonds. The van der Waals surface area contributed by atoms with Crippen LogP contribution in [0.5, 0.6) is 0 Å². The average Bonchev–Trinajstić information content (AvgIpc) is 3.78. The molecule has 0 radical (unpaired) electrons. The smallest absolute Gasteiger partial charge is 0.0681 e. The molecule has 12 heteroatoms. The van der Waals surface area contributed by atoms with Crippen LogP contribution in [0.3, 0.4) is 0 Å². The molecule has 5 saturated heterocycles. The van der Waals surface area contributed by atoms with Gasteiger partial charge in [0.1, 0.15) is 0 Å². The topological polar surface area (TPSA) is 96.2 Å². The predicted octanol–water partition coefficient (Wildman–Crippen LogP) is 3.72. The van der Waals surface area contributed by atoms with E-state index in [0.717, 1.165) is 0 Å². The molecule has 21 atom stereocenters. The molecule has 4 aliphatic carbocycles. The Morgan fingerprint density at radius 1 is 0.333 bits per heavy atom. The van der Waals surface area contributed by atoms with Crippen LogP contribution in [0.15, 0.2) is 0 Å². The number of rotatable bonds is 0. The Balaban J connectivity index is 1.09. The molecule has 5 aliphatic heterocycles. The van der Waals surface area contributed by atoms with Gasteiger partial charge in [0, 0.05) is 11.8 Å². The van der Waals surface area contributed by atoms with Crippen LogP contribution in [0.25, 0.3) is 0 Å². The van der Waals surface area contributed by atoms with Crippen molar-refractivity contribution in [2.75, 3.05) is 0 Å². The van der Waals surface area contributed by atoms with Crippen LogP contribution in [-0.4, -0.2) is 70.8 Å². The summed E-state index contributed by atoms with van der Waals surface area (Å²) in [4.78, 5) is 0. The van der Waals surface area contributed by atoms with E-state index in [-0.39, 0.29) is 70.3 Å². The molecule has 8 nitrogen and oxygen atoms in total. The summed E-state index contributed by atoms with van der Waals surface area (Å²) in [5, 5.41) is 31.8. The second-order valence-corrected chi connectivity index (χ2v) is 18.5. The first kappa shape index (κ1) is 31.8. The summed E-state index contributed by atoms with van der Waals surface area (Å²) in [6.45, 7) is 2.47. The van der Waals surface area contributed by atoms with Crippen molar-refractivity contribution < 1.29 is 0 Å². The Labute approximate surface area is 289 Å². The van der Waals surface area contributed by atoms with Crippen LogP contribution in [0.4, 0.5) is 0 Å². The monoisotopic (exact) mass is 702 g/mol. The van der Waals surface area contributed by atoms with Crippen LogP contribution >= 0.6 is 46.4 Å². The molecular formula is C33H54Cl4N8. The molecule has 4 saturated carbocycles. The van der Waals surface area contributed by atoms with Gasteiger partial charge in [-0.25, -0.2) is 0 Å². The van der Waals surface area contributed by atoms with Crippen molar-refractivity contribution in [1.29, 1.82) is 0 Å². The van der Waals surface area contributed by atoms with Gasteiger partial charge in [0.15, 0.2) is 0 Å². The van der Waals surface area contributed by atoms with Crippen LogP contribution < -0.4 is 42.5 Å². The molecule has 45 heavy (non-hydrogen) atoms. The van der Waals surface area contributed by atoms with Crippen molar-refractivity contribution in [1.82, 2.24) is 42.5 Å². The molecule has 9 rings (SSSR count). The largest absolute Gasteiger partial charge is 0.286 e. The van der Waals surface area contributed by atoms with E-state index >= 15 is 0 Å². The Hall–Kier alpha value is 0.840. The van der Waals surface area contributed by atoms with E-state index in [2.05, 4.69) is 49.5 Å². The van der Waals surface area contributed by atoms with Crippen LogP contribution in [-0.2, 0) is 0 Å². The van der Waals surface area contributed by atoms with E-state index in [1.54, 1.807) is 0 Å². The highest BCUT2D eigenvalue weighted by Gasteiger charge is 2.60. The quantitative estimate of drug-likeness (QED) is 0.181. The van der Waals surface area contributed by atoms with Gasteiger partial charge in [0.05, 0.1) is 70.8 Å². The number of halogens is 4. The number of nitrogens with one attached hydrogen (secondary N) is 8. The zero-order valence-corrected chi connectivity index (χ0v) is 29.4. The third-order valence-corrected chi connectivity index (χ3v) is 17.0. The Morgan fingerprint density at radius 2 is 0.644 bits per heavy atom. The van der Waals surface area contributed by atoms with Crippen molar-refractivity contribution >= 4 is 46.4 Å². The van der Waals surface area contributed by atoms with Crippen LogP contribution in [0.2, 0.25) is 0 Å². The fourth-order valence-electron chi connectivity index (χ4n) is 12.3. The number of hydrogen-bond acceptors (Lipinski definition) is 8. The van der Waals surface area contributed by atoms with Gasteiger partial charge in [-0.15, -0.1) is 46.4 Å². The molecule has 8 N–H and O–H groups in total. The van der Waals surface area contributed by atoms with E-state index in [0.29, 0.717) is 53.8 Å². The highest BCUT2D eigenvalue weighted by Crippen LogP contribution is 2.50. The first-order valence-electron chi connectivity index (χ1n) is 18.5. The number of alkyl halides is 4. The summed E-state index contributed by atoms with van der Waals surface area (Å²) >= 11 is 28.4. The lowest BCUT2D eigenvalue weighted by Crippen LogP contribution is -2.62. The van der Waals surface area contributed by atoms with Gasteiger partial charge in [-0.05, 0) is 73.5 Å². The van der Waals surface area contributed by atoms with Gasteiger partial charge in [-0.3, -0.25) is 42.5 Å². The maximum absolute atomic E-state index is 7.26. The molecule has 8 bridgehead atoms. The predicted molar refractivity (Wildman–Crippen MR) is 182 cm³/mol. The maximum Gasteiger partial charge on any atom is 0.0681 e. The number of fused-ring (bicyclic) bond motifs is 20. The van der Waals surface area contributed by atoms with Crippen molar-refractivity contribution in [3.63, 3.8) is 0 Å². The van der Waals surface area contributed by atoms with Gasteiger partial charge < -0.3 is 0 Å². The standard InChI is InChI=1S/C33H54Cl4N8/c1-13-7-6-12-18-19(13)31-43-30(18)41-28-15-9-3-2-8-14(15)26(39-28)38-27-16-10-4-5-11-17(16)29(40-27)42-32-20-21(33(44-31)45-32)23(35)25(37)24(36)22(20)34/h13-33,38-45H,2-12H2,1H3. The van der Waals surface area contributed by atoms with Gasteiger partial charge >= 0.3 is 0 Å². The van der Waals surface area contributed by atoms with E-state index in [9.17, 15) is 0 Å². The molecule has 0 spiro atoms. The molecule has 9 aliphatic rings. The molecule has 9 fully saturated rings. The molecule has 254 valence electrons. The second kappa shape index (κ2) is 12.6. The zero-order chi connectivity index (χ0) is 30.6. The zero-order valence-electron chi connectivity index (χ0n) is 26.4. The molecule has 0 aromatic heterocycles. The SMILES string of the molecule is CC1CCCC2C3NC4NC(NC5NC(NC6NC(NC(N3)C12)C1C(Cl)C(Cl)C(Cl)C(Cl)C61)C1CCCCC51)C1CCCCC41. The van der Waals surface area contributed by atoms with Crippen molar-refractivity contribution in [2.24, 2.45) is 53.3 Å². The fourth-order valence-corrected chi connectivity index (χ4v) is 14.1. The van der Waals surface area contributed by atoms with E-state index in [1.807, 2.05) is 0 Å². The van der Waals surface area contributed by atoms with E-state index in [4.69, 9.17) is 46.4 Å². The third kappa shape index (κ3) is 5.28. The molecular weight excluding hydrogens is 650 g/mol. The summed E-state index contributed by atoms with van der Waals surface area (Å²) in [6, 6.07) is 0. The average molecular weight is 705 g/mol. The minimum atomic E-state index is -0.380. The lowest BCUT2D eigenvalue weighted by atomic mass is 9.72. The molecule has 0 aromatic carbocycles. The summed E-state index contributed by atoms with van der Waals surface area (Å²) in [7, 11) is 0. The minimum Gasteiger partial charge on any atom is -0.286 e. The van der Waals surface area contributed by atoms with Gasteiger partial charge in [-0.1, -0.05) is 45.4 Å². The van der Waals surface area contributed by atoms with Crippen LogP contribution in [0, 0.1) is 53.3 Å². The Morgan fingerprint density at radius 3 is 1.07 bits per heavy atom. The van der Waals surface area contributed by atoms with E-state index < -0.39 is 0 Å². The summed E-state index contributed by atoms with van der Waals surface area (Å²) in [6.07, 6.45) is 15.9. The first-order chi connectivity index (χ1) is 21.9. The molecule has 21 unspecified atom stereocenters. The lowest BCUT2D eigenvalue weighted by molar-refractivity contribution is 0.133. The van der Waals surface area contributed by atoms with Crippen molar-refractivity contribution in [3.05, 3.63) is 0 Å². The Bertz CT molecular complexity index is 1090. The number of hydrogen-bond donors (Lipinski definition) is 8. The Kier molecular flexibility index (Phi) is 8.87. The lowest BCUT2D eigenvalue weighted by Gasteiger charge is -2.44. The highest BCUT2D eigenvalue weighted by molar-refractivity contribution is 6.38. The van der Waals surface area contributed by atoms with Gasteiger partial charge in [0.25, 0.3) is 0 Å². The fraction of sp³-hybridized carbons (Fsp3) is 1.00. The maximum atomic E-state index is 7.26.